The van der Waals surface area contributed by atoms with Crippen LogP contribution in [-0.4, -0.2) is 0 Å². The van der Waals surface area contributed by atoms with Crippen molar-refractivity contribution in [1.82, 2.24) is 0 Å². The fraction of sp³-hybridized carbons (Fsp3) is 0.0769. The molecule has 2 N–H and O–H groups in total. The smallest absolute Gasteiger partial charge is 0.134 e. The first-order valence-electron chi connectivity index (χ1n) is 5.22. The van der Waals surface area contributed by atoms with Crippen LogP contribution in [0.1, 0.15) is 5.56 Å². The van der Waals surface area contributed by atoms with Crippen LogP contribution in [0.3, 0.4) is 0 Å². The first-order chi connectivity index (χ1) is 8.61. The summed E-state index contributed by atoms with van der Waals surface area (Å²) >= 11 is 11.7. The van der Waals surface area contributed by atoms with E-state index in [2.05, 4.69) is 0 Å². The highest BCUT2D eigenvalue weighted by molar-refractivity contribution is 6.42. The Morgan fingerprint density at radius 2 is 1.89 bits per heavy atom. The van der Waals surface area contributed by atoms with Crippen LogP contribution in [0, 0.1) is 5.82 Å². The number of benzene rings is 2. The number of hydrogen-bond acceptors (Lipinski definition) is 2. The zero-order valence-corrected chi connectivity index (χ0v) is 10.8. The molecule has 0 bridgehead atoms. The molecule has 0 unspecified atom stereocenters. The van der Waals surface area contributed by atoms with Crippen molar-refractivity contribution in [3.05, 3.63) is 57.8 Å². The molecule has 0 saturated heterocycles. The first-order valence-corrected chi connectivity index (χ1v) is 5.97. The van der Waals surface area contributed by atoms with E-state index in [0.29, 0.717) is 27.1 Å². The molecule has 0 aliphatic rings. The molecule has 0 aliphatic carbocycles. The van der Waals surface area contributed by atoms with E-state index in [1.165, 1.54) is 6.07 Å². The predicted molar refractivity (Wildman–Crippen MR) is 70.8 cm³/mol. The Morgan fingerprint density at radius 1 is 1.11 bits per heavy atom. The number of nitrogens with two attached hydrogens (primary N) is 1. The van der Waals surface area contributed by atoms with Crippen molar-refractivity contribution in [2.45, 2.75) is 6.54 Å². The van der Waals surface area contributed by atoms with E-state index in [9.17, 15) is 4.39 Å². The fourth-order valence-corrected chi connectivity index (χ4v) is 1.79. The number of rotatable bonds is 3. The summed E-state index contributed by atoms with van der Waals surface area (Å²) in [4.78, 5) is 0. The monoisotopic (exact) mass is 285 g/mol. The van der Waals surface area contributed by atoms with Crippen molar-refractivity contribution in [2.24, 2.45) is 5.73 Å². The molecule has 0 atom stereocenters. The summed E-state index contributed by atoms with van der Waals surface area (Å²) in [7, 11) is 0. The molecular formula is C13H10Cl2FNO. The highest BCUT2D eigenvalue weighted by Gasteiger charge is 2.09. The van der Waals surface area contributed by atoms with Gasteiger partial charge in [-0.25, -0.2) is 4.39 Å². The predicted octanol–water partition coefficient (Wildman–Crippen LogP) is 4.38. The van der Waals surface area contributed by atoms with E-state index in [1.54, 1.807) is 30.3 Å². The fourth-order valence-electron chi connectivity index (χ4n) is 1.50. The molecule has 2 aromatic rings. The second-order valence-electron chi connectivity index (χ2n) is 3.60. The molecule has 0 aromatic heterocycles. The topological polar surface area (TPSA) is 35.2 Å². The molecule has 0 amide bonds. The summed E-state index contributed by atoms with van der Waals surface area (Å²) in [5.41, 5.74) is 5.81. The molecule has 18 heavy (non-hydrogen) atoms. The second-order valence-corrected chi connectivity index (χ2v) is 4.41. The van der Waals surface area contributed by atoms with Gasteiger partial charge in [0, 0.05) is 18.2 Å². The van der Waals surface area contributed by atoms with Gasteiger partial charge in [-0.1, -0.05) is 29.3 Å². The van der Waals surface area contributed by atoms with E-state index in [1.807, 2.05) is 0 Å². The third-order valence-corrected chi connectivity index (χ3v) is 3.14. The number of halogens is 3. The molecular weight excluding hydrogens is 276 g/mol. The number of ether oxygens (including phenoxy) is 1. The minimum absolute atomic E-state index is 0.0589. The maximum absolute atomic E-state index is 13.5. The van der Waals surface area contributed by atoms with Crippen molar-refractivity contribution >= 4 is 23.2 Å². The van der Waals surface area contributed by atoms with Crippen LogP contribution in [0.2, 0.25) is 10.0 Å². The zero-order valence-electron chi connectivity index (χ0n) is 9.29. The maximum atomic E-state index is 13.5. The highest BCUT2D eigenvalue weighted by atomic mass is 35.5. The third kappa shape index (κ3) is 2.75. The summed E-state index contributed by atoms with van der Waals surface area (Å²) in [5.74, 6) is 0.454. The van der Waals surface area contributed by atoms with E-state index in [0.717, 1.165) is 0 Å². The summed E-state index contributed by atoms with van der Waals surface area (Å²) in [5, 5.41) is 0.808. The minimum Gasteiger partial charge on any atom is -0.457 e. The van der Waals surface area contributed by atoms with Gasteiger partial charge in [0.2, 0.25) is 0 Å². The Kier molecular flexibility index (Phi) is 4.07. The average molecular weight is 286 g/mol. The molecule has 0 saturated carbocycles. The zero-order chi connectivity index (χ0) is 13.1. The van der Waals surface area contributed by atoms with Gasteiger partial charge in [-0.05, 0) is 24.3 Å². The van der Waals surface area contributed by atoms with Gasteiger partial charge in [0.1, 0.15) is 17.3 Å². The van der Waals surface area contributed by atoms with E-state index in [-0.39, 0.29) is 6.54 Å². The summed E-state index contributed by atoms with van der Waals surface area (Å²) in [6, 6.07) is 9.37. The third-order valence-electron chi connectivity index (χ3n) is 2.40. The Morgan fingerprint density at radius 3 is 2.56 bits per heavy atom. The van der Waals surface area contributed by atoms with E-state index < -0.39 is 5.82 Å². The lowest BCUT2D eigenvalue weighted by Crippen LogP contribution is -2.02. The molecule has 0 heterocycles. The minimum atomic E-state index is -0.393. The van der Waals surface area contributed by atoms with Gasteiger partial charge in [0.25, 0.3) is 0 Å². The van der Waals surface area contributed by atoms with Crippen LogP contribution in [0.5, 0.6) is 11.5 Å². The van der Waals surface area contributed by atoms with Crippen LogP contribution in [0.15, 0.2) is 36.4 Å². The van der Waals surface area contributed by atoms with Crippen molar-refractivity contribution in [1.29, 1.82) is 0 Å². The Labute approximate surface area is 114 Å². The highest BCUT2D eigenvalue weighted by Crippen LogP contribution is 2.31. The van der Waals surface area contributed by atoms with Crippen molar-refractivity contribution in [3.63, 3.8) is 0 Å². The molecule has 0 spiro atoms. The van der Waals surface area contributed by atoms with Crippen molar-refractivity contribution in [3.8, 4) is 11.5 Å². The Bertz CT molecular complexity index is 575. The van der Waals surface area contributed by atoms with Crippen LogP contribution in [0.4, 0.5) is 4.39 Å². The average Bonchev–Trinajstić information content (AvgIpc) is 2.34. The van der Waals surface area contributed by atoms with Gasteiger partial charge in [-0.3, -0.25) is 0 Å². The van der Waals surface area contributed by atoms with Crippen LogP contribution < -0.4 is 10.5 Å². The largest absolute Gasteiger partial charge is 0.457 e. The van der Waals surface area contributed by atoms with E-state index >= 15 is 0 Å². The van der Waals surface area contributed by atoms with Gasteiger partial charge < -0.3 is 10.5 Å². The Balaban J connectivity index is 2.34. The second kappa shape index (κ2) is 5.57. The van der Waals surface area contributed by atoms with E-state index in [4.69, 9.17) is 33.7 Å². The summed E-state index contributed by atoms with van der Waals surface area (Å²) < 4.78 is 19.0. The Hall–Kier alpha value is -1.29. The lowest BCUT2D eigenvalue weighted by atomic mass is 10.2. The number of hydrogen-bond donors (Lipinski definition) is 1. The SMILES string of the molecule is NCc1c(F)cccc1Oc1ccc(Cl)c(Cl)c1. The summed E-state index contributed by atoms with van der Waals surface area (Å²) in [6.07, 6.45) is 0. The molecule has 0 aliphatic heterocycles. The van der Waals surface area contributed by atoms with Crippen LogP contribution in [-0.2, 0) is 6.54 Å². The molecule has 2 rings (SSSR count). The van der Waals surface area contributed by atoms with Gasteiger partial charge in [0.05, 0.1) is 10.0 Å². The van der Waals surface area contributed by atoms with Gasteiger partial charge in [-0.2, -0.15) is 0 Å². The first kappa shape index (κ1) is 13.1. The van der Waals surface area contributed by atoms with Gasteiger partial charge in [0.15, 0.2) is 0 Å². The molecule has 94 valence electrons. The molecule has 5 heteroatoms. The van der Waals surface area contributed by atoms with Gasteiger partial charge in [-0.15, -0.1) is 0 Å². The van der Waals surface area contributed by atoms with Crippen molar-refractivity contribution in [2.75, 3.05) is 0 Å². The quantitative estimate of drug-likeness (QED) is 0.908. The lowest BCUT2D eigenvalue weighted by Gasteiger charge is -2.11. The maximum Gasteiger partial charge on any atom is 0.134 e. The van der Waals surface area contributed by atoms with Crippen molar-refractivity contribution < 1.29 is 9.13 Å². The normalized spacial score (nSPS) is 10.4. The lowest BCUT2D eigenvalue weighted by molar-refractivity contribution is 0.467. The summed E-state index contributed by atoms with van der Waals surface area (Å²) in [6.45, 7) is 0.0589. The van der Waals surface area contributed by atoms with Gasteiger partial charge >= 0.3 is 0 Å². The van der Waals surface area contributed by atoms with Crippen LogP contribution in [0.25, 0.3) is 0 Å². The molecule has 0 radical (unpaired) electrons. The molecule has 2 aromatic carbocycles. The van der Waals surface area contributed by atoms with Crippen LogP contribution >= 0.6 is 23.2 Å². The molecule has 0 fully saturated rings. The standard InChI is InChI=1S/C13H10Cl2FNO/c14-10-5-4-8(6-11(10)15)18-13-3-1-2-12(16)9(13)7-17/h1-6H,7,17H2. The molecule has 2 nitrogen and oxygen atoms in total.